The van der Waals surface area contributed by atoms with Crippen LogP contribution in [0.25, 0.3) is 0 Å². The van der Waals surface area contributed by atoms with Gasteiger partial charge in [0.05, 0.1) is 6.42 Å². The quantitative estimate of drug-likeness (QED) is 0.869. The van der Waals surface area contributed by atoms with Gasteiger partial charge in [-0.1, -0.05) is 28.1 Å². The van der Waals surface area contributed by atoms with E-state index in [1.807, 2.05) is 45.0 Å². The van der Waals surface area contributed by atoms with Crippen LogP contribution < -0.4 is 5.73 Å². The molecule has 3 nitrogen and oxygen atoms in total. The first kappa shape index (κ1) is 15.2. The maximum absolute atomic E-state index is 11.6. The molecule has 0 fully saturated rings. The van der Waals surface area contributed by atoms with Crippen LogP contribution in [-0.4, -0.2) is 17.6 Å². The van der Waals surface area contributed by atoms with E-state index < -0.39 is 5.60 Å². The van der Waals surface area contributed by atoms with Gasteiger partial charge in [0.2, 0.25) is 0 Å². The first-order valence-corrected chi connectivity index (χ1v) is 6.77. The SMILES string of the molecule is CC(C)(C)OC(=O)C[C@H](N)Cc1ccc(Br)cc1. The number of carbonyl (C=O) groups excluding carboxylic acids is 1. The summed E-state index contributed by atoms with van der Waals surface area (Å²) in [5.41, 5.74) is 6.62. The fourth-order valence-corrected chi connectivity index (χ4v) is 1.86. The first-order valence-electron chi connectivity index (χ1n) is 5.98. The number of nitrogens with two attached hydrogens (primary N) is 1. The largest absolute Gasteiger partial charge is 0.460 e. The Morgan fingerprint density at radius 2 is 1.89 bits per heavy atom. The van der Waals surface area contributed by atoms with Gasteiger partial charge in [-0.3, -0.25) is 4.79 Å². The summed E-state index contributed by atoms with van der Waals surface area (Å²) in [4.78, 5) is 11.6. The fraction of sp³-hybridized carbons (Fsp3) is 0.500. The van der Waals surface area contributed by atoms with Gasteiger partial charge in [-0.2, -0.15) is 0 Å². The Morgan fingerprint density at radius 1 is 1.33 bits per heavy atom. The molecule has 0 bridgehead atoms. The Labute approximate surface area is 117 Å². The fourth-order valence-electron chi connectivity index (χ4n) is 1.59. The Morgan fingerprint density at radius 3 is 2.39 bits per heavy atom. The summed E-state index contributed by atoms with van der Waals surface area (Å²) in [7, 11) is 0. The molecule has 0 unspecified atom stereocenters. The molecule has 0 spiro atoms. The number of carbonyl (C=O) groups is 1. The van der Waals surface area contributed by atoms with Gasteiger partial charge in [-0.05, 0) is 44.9 Å². The number of hydrogen-bond acceptors (Lipinski definition) is 3. The minimum absolute atomic E-state index is 0.207. The third-order valence-corrected chi connectivity index (χ3v) is 2.79. The number of esters is 1. The van der Waals surface area contributed by atoms with Crippen molar-refractivity contribution in [3.8, 4) is 0 Å². The predicted molar refractivity (Wildman–Crippen MR) is 76.3 cm³/mol. The van der Waals surface area contributed by atoms with E-state index in [0.717, 1.165) is 10.0 Å². The number of ether oxygens (including phenoxy) is 1. The molecular formula is C14H20BrNO2. The van der Waals surface area contributed by atoms with Gasteiger partial charge in [-0.15, -0.1) is 0 Å². The zero-order chi connectivity index (χ0) is 13.8. The van der Waals surface area contributed by atoms with Crippen LogP contribution in [-0.2, 0) is 16.0 Å². The molecule has 18 heavy (non-hydrogen) atoms. The highest BCUT2D eigenvalue weighted by Crippen LogP contribution is 2.13. The van der Waals surface area contributed by atoms with E-state index in [-0.39, 0.29) is 18.4 Å². The molecule has 1 rings (SSSR count). The van der Waals surface area contributed by atoms with Crippen molar-refractivity contribution in [1.82, 2.24) is 0 Å². The molecule has 2 N–H and O–H groups in total. The van der Waals surface area contributed by atoms with Crippen molar-refractivity contribution in [2.75, 3.05) is 0 Å². The Balaban J connectivity index is 2.44. The lowest BCUT2D eigenvalue weighted by molar-refractivity contribution is -0.155. The molecule has 100 valence electrons. The summed E-state index contributed by atoms with van der Waals surface area (Å²) < 4.78 is 6.27. The molecule has 0 aromatic heterocycles. The Kier molecular flexibility index (Phi) is 5.35. The lowest BCUT2D eigenvalue weighted by atomic mass is 10.0. The van der Waals surface area contributed by atoms with Crippen LogP contribution in [0, 0.1) is 0 Å². The number of rotatable bonds is 4. The second-order valence-corrected chi connectivity index (χ2v) is 6.30. The van der Waals surface area contributed by atoms with E-state index in [1.54, 1.807) is 0 Å². The highest BCUT2D eigenvalue weighted by molar-refractivity contribution is 9.10. The van der Waals surface area contributed by atoms with Crippen LogP contribution in [0.4, 0.5) is 0 Å². The van der Waals surface area contributed by atoms with Crippen LogP contribution in [0.1, 0.15) is 32.8 Å². The van der Waals surface area contributed by atoms with Crippen LogP contribution in [0.2, 0.25) is 0 Å². The average molecular weight is 314 g/mol. The molecule has 0 saturated carbocycles. The standard InChI is InChI=1S/C14H20BrNO2/c1-14(2,3)18-13(17)9-12(16)8-10-4-6-11(15)7-5-10/h4-7,12H,8-9,16H2,1-3H3/t12-/m1/s1. The lowest BCUT2D eigenvalue weighted by Crippen LogP contribution is -2.31. The highest BCUT2D eigenvalue weighted by Gasteiger charge is 2.18. The van der Waals surface area contributed by atoms with E-state index in [0.29, 0.717) is 6.42 Å². The van der Waals surface area contributed by atoms with Gasteiger partial charge in [0.25, 0.3) is 0 Å². The zero-order valence-electron chi connectivity index (χ0n) is 11.1. The summed E-state index contributed by atoms with van der Waals surface area (Å²) in [5, 5.41) is 0. The topological polar surface area (TPSA) is 52.3 Å². The van der Waals surface area contributed by atoms with Crippen molar-refractivity contribution in [2.45, 2.75) is 45.3 Å². The second-order valence-electron chi connectivity index (χ2n) is 5.38. The van der Waals surface area contributed by atoms with E-state index >= 15 is 0 Å². The molecule has 0 aliphatic rings. The molecule has 4 heteroatoms. The van der Waals surface area contributed by atoms with Gasteiger partial charge in [0.15, 0.2) is 0 Å². The van der Waals surface area contributed by atoms with Gasteiger partial charge >= 0.3 is 5.97 Å². The molecule has 1 atom stereocenters. The molecular weight excluding hydrogens is 294 g/mol. The van der Waals surface area contributed by atoms with Crippen molar-refractivity contribution in [2.24, 2.45) is 5.73 Å². The first-order chi connectivity index (χ1) is 8.26. The smallest absolute Gasteiger partial charge is 0.307 e. The Hall–Kier alpha value is -0.870. The minimum Gasteiger partial charge on any atom is -0.460 e. The summed E-state index contributed by atoms with van der Waals surface area (Å²) in [6, 6.07) is 7.73. The van der Waals surface area contributed by atoms with E-state index in [1.165, 1.54) is 0 Å². The van der Waals surface area contributed by atoms with Gasteiger partial charge in [0.1, 0.15) is 5.60 Å². The highest BCUT2D eigenvalue weighted by atomic mass is 79.9. The molecule has 1 aromatic rings. The minimum atomic E-state index is -0.450. The van der Waals surface area contributed by atoms with Crippen LogP contribution in [0.3, 0.4) is 0 Å². The maximum Gasteiger partial charge on any atom is 0.307 e. The van der Waals surface area contributed by atoms with Crippen molar-refractivity contribution >= 4 is 21.9 Å². The van der Waals surface area contributed by atoms with Gasteiger partial charge in [0, 0.05) is 10.5 Å². The van der Waals surface area contributed by atoms with Crippen molar-refractivity contribution < 1.29 is 9.53 Å². The van der Waals surface area contributed by atoms with Crippen LogP contribution >= 0.6 is 15.9 Å². The lowest BCUT2D eigenvalue weighted by Gasteiger charge is -2.21. The third-order valence-electron chi connectivity index (χ3n) is 2.26. The predicted octanol–water partition coefficient (Wildman–Crippen LogP) is 3.05. The molecule has 0 radical (unpaired) electrons. The molecule has 0 amide bonds. The molecule has 1 aromatic carbocycles. The summed E-state index contributed by atoms with van der Waals surface area (Å²) in [6.45, 7) is 5.56. The molecule has 0 heterocycles. The third kappa shape index (κ3) is 6.17. The van der Waals surface area contributed by atoms with E-state index in [4.69, 9.17) is 10.5 Å². The number of benzene rings is 1. The molecule has 0 aliphatic heterocycles. The van der Waals surface area contributed by atoms with Crippen LogP contribution in [0.5, 0.6) is 0 Å². The second kappa shape index (κ2) is 6.34. The summed E-state index contributed by atoms with van der Waals surface area (Å²) in [6.07, 6.45) is 0.917. The normalized spacial score (nSPS) is 13.2. The summed E-state index contributed by atoms with van der Waals surface area (Å²) in [5.74, 6) is -0.243. The van der Waals surface area contributed by atoms with Crippen molar-refractivity contribution in [3.05, 3.63) is 34.3 Å². The molecule has 0 saturated heterocycles. The van der Waals surface area contributed by atoms with Crippen molar-refractivity contribution in [1.29, 1.82) is 0 Å². The van der Waals surface area contributed by atoms with Gasteiger partial charge < -0.3 is 10.5 Å². The summed E-state index contributed by atoms with van der Waals surface area (Å²) >= 11 is 3.38. The Bertz CT molecular complexity index is 395. The monoisotopic (exact) mass is 313 g/mol. The number of hydrogen-bond donors (Lipinski definition) is 1. The molecule has 0 aliphatic carbocycles. The number of halogens is 1. The maximum atomic E-state index is 11.6. The zero-order valence-corrected chi connectivity index (χ0v) is 12.7. The van der Waals surface area contributed by atoms with Crippen molar-refractivity contribution in [3.63, 3.8) is 0 Å². The van der Waals surface area contributed by atoms with Gasteiger partial charge in [-0.25, -0.2) is 0 Å². The van der Waals surface area contributed by atoms with Crippen LogP contribution in [0.15, 0.2) is 28.7 Å². The van der Waals surface area contributed by atoms with E-state index in [2.05, 4.69) is 15.9 Å². The average Bonchev–Trinajstić information content (AvgIpc) is 2.18. The van der Waals surface area contributed by atoms with E-state index in [9.17, 15) is 4.79 Å².